The summed E-state index contributed by atoms with van der Waals surface area (Å²) < 4.78 is 2.10. The number of likely N-dealkylation sites (tertiary alicyclic amines) is 1. The maximum Gasteiger partial charge on any atom is 0.222 e. The van der Waals surface area contributed by atoms with E-state index in [4.69, 9.17) is 10.7 Å². The van der Waals surface area contributed by atoms with E-state index in [1.54, 1.807) is 12.1 Å². The number of aromatic hydroxyl groups is 1. The Morgan fingerprint density at radius 3 is 2.70 bits per heavy atom. The molecule has 1 aliphatic rings. The monoisotopic (exact) mass is 445 g/mol. The smallest absolute Gasteiger partial charge is 0.222 e. The van der Waals surface area contributed by atoms with E-state index in [1.165, 1.54) is 0 Å². The molecule has 0 bridgehead atoms. The number of benzene rings is 2. The van der Waals surface area contributed by atoms with Crippen molar-refractivity contribution >= 4 is 33.7 Å². The van der Waals surface area contributed by atoms with Crippen molar-refractivity contribution in [1.29, 1.82) is 0 Å². The SMILES string of the molecule is Nc1nc2cc(-c3ccccc3O)ccc2c2c1nc(CCO)n2CCCN1CCCC1=O. The summed E-state index contributed by atoms with van der Waals surface area (Å²) >= 11 is 0. The molecule has 1 amide bonds. The van der Waals surface area contributed by atoms with E-state index in [0.717, 1.165) is 47.2 Å². The van der Waals surface area contributed by atoms with Crippen molar-refractivity contribution < 1.29 is 15.0 Å². The number of nitrogens with two attached hydrogens (primary N) is 1. The Balaban J connectivity index is 1.58. The zero-order valence-electron chi connectivity index (χ0n) is 18.4. The minimum absolute atomic E-state index is 0.0172. The van der Waals surface area contributed by atoms with Gasteiger partial charge in [0.05, 0.1) is 17.6 Å². The van der Waals surface area contributed by atoms with Gasteiger partial charge in [-0.25, -0.2) is 9.97 Å². The third-order valence-corrected chi connectivity index (χ3v) is 6.31. The van der Waals surface area contributed by atoms with Gasteiger partial charge >= 0.3 is 0 Å². The number of phenols is 1. The van der Waals surface area contributed by atoms with Gasteiger partial charge in [0.1, 0.15) is 17.1 Å². The fourth-order valence-electron chi connectivity index (χ4n) is 4.74. The van der Waals surface area contributed by atoms with Gasteiger partial charge in [-0.05, 0) is 30.5 Å². The van der Waals surface area contributed by atoms with Crippen LogP contribution < -0.4 is 5.73 Å². The maximum atomic E-state index is 12.0. The number of aryl methyl sites for hydroxylation is 1. The van der Waals surface area contributed by atoms with Crippen LogP contribution in [0, 0.1) is 0 Å². The summed E-state index contributed by atoms with van der Waals surface area (Å²) in [5, 5.41) is 20.8. The predicted molar refractivity (Wildman–Crippen MR) is 128 cm³/mol. The number of carbonyl (C=O) groups excluding carboxylic acids is 1. The van der Waals surface area contributed by atoms with E-state index >= 15 is 0 Å². The van der Waals surface area contributed by atoms with Crippen LogP contribution in [0.25, 0.3) is 33.1 Å². The zero-order valence-corrected chi connectivity index (χ0v) is 18.4. The minimum atomic E-state index is -0.0172. The van der Waals surface area contributed by atoms with Crippen molar-refractivity contribution in [2.75, 3.05) is 25.4 Å². The number of aliphatic hydroxyl groups is 1. The van der Waals surface area contributed by atoms with E-state index in [2.05, 4.69) is 9.55 Å². The van der Waals surface area contributed by atoms with Gasteiger partial charge in [0.2, 0.25) is 5.91 Å². The Hall–Kier alpha value is -3.65. The van der Waals surface area contributed by atoms with Crippen LogP contribution >= 0.6 is 0 Å². The average Bonchev–Trinajstić information content (AvgIpc) is 3.38. The first-order chi connectivity index (χ1) is 16.1. The number of pyridine rings is 1. The molecule has 0 saturated carbocycles. The van der Waals surface area contributed by atoms with E-state index in [9.17, 15) is 15.0 Å². The highest BCUT2D eigenvalue weighted by molar-refractivity contribution is 6.07. The summed E-state index contributed by atoms with van der Waals surface area (Å²) in [7, 11) is 0. The molecule has 1 aliphatic heterocycles. The largest absolute Gasteiger partial charge is 0.507 e. The quantitative estimate of drug-likeness (QED) is 0.402. The van der Waals surface area contributed by atoms with Crippen LogP contribution in [-0.4, -0.2) is 55.3 Å². The Bertz CT molecular complexity index is 1350. The first-order valence-corrected chi connectivity index (χ1v) is 11.3. The highest BCUT2D eigenvalue weighted by Crippen LogP contribution is 2.34. The van der Waals surface area contributed by atoms with E-state index in [1.807, 2.05) is 35.2 Å². The van der Waals surface area contributed by atoms with Crippen LogP contribution in [0.1, 0.15) is 25.1 Å². The Morgan fingerprint density at radius 1 is 1.09 bits per heavy atom. The number of nitrogens with zero attached hydrogens (tertiary/aromatic N) is 4. The number of rotatable bonds is 7. The van der Waals surface area contributed by atoms with Gasteiger partial charge in [0.15, 0.2) is 5.82 Å². The number of amides is 1. The summed E-state index contributed by atoms with van der Waals surface area (Å²) in [5.41, 5.74) is 10.1. The molecule has 5 rings (SSSR count). The van der Waals surface area contributed by atoms with Crippen LogP contribution in [0.2, 0.25) is 0 Å². The topological polar surface area (TPSA) is 118 Å². The van der Waals surface area contributed by atoms with Gasteiger partial charge in [0.25, 0.3) is 0 Å². The number of fused-ring (bicyclic) bond motifs is 3. The molecule has 1 saturated heterocycles. The summed E-state index contributed by atoms with van der Waals surface area (Å²) in [6.45, 7) is 2.17. The number of anilines is 1. The Morgan fingerprint density at radius 2 is 1.94 bits per heavy atom. The van der Waals surface area contributed by atoms with Crippen LogP contribution in [0.3, 0.4) is 0 Å². The first kappa shape index (κ1) is 21.2. The number of phenolic OH excluding ortho intramolecular Hbond substituents is 1. The highest BCUT2D eigenvalue weighted by atomic mass is 16.3. The Labute approximate surface area is 191 Å². The van der Waals surface area contributed by atoms with Gasteiger partial charge in [-0.1, -0.05) is 30.3 Å². The number of aromatic nitrogens is 3. The van der Waals surface area contributed by atoms with Crippen LogP contribution in [-0.2, 0) is 17.8 Å². The Kier molecular flexibility index (Phi) is 5.60. The molecule has 2 aromatic heterocycles. The molecule has 4 N–H and O–H groups in total. The molecular weight excluding hydrogens is 418 g/mol. The molecule has 0 aliphatic carbocycles. The molecule has 8 nitrogen and oxygen atoms in total. The molecule has 0 atom stereocenters. The second-order valence-electron chi connectivity index (χ2n) is 8.43. The van der Waals surface area contributed by atoms with Crippen molar-refractivity contribution in [2.24, 2.45) is 0 Å². The van der Waals surface area contributed by atoms with Crippen molar-refractivity contribution in [1.82, 2.24) is 19.4 Å². The molecule has 8 heteroatoms. The number of aliphatic hydroxyl groups excluding tert-OH is 1. The number of imidazole rings is 1. The molecule has 0 unspecified atom stereocenters. The number of carbonyl (C=O) groups is 1. The fraction of sp³-hybridized carbons (Fsp3) is 0.320. The van der Waals surface area contributed by atoms with Gasteiger partial charge in [-0.2, -0.15) is 0 Å². The third kappa shape index (κ3) is 3.87. The van der Waals surface area contributed by atoms with E-state index < -0.39 is 0 Å². The molecule has 1 fully saturated rings. The first-order valence-electron chi connectivity index (χ1n) is 11.3. The molecule has 170 valence electrons. The van der Waals surface area contributed by atoms with Crippen LogP contribution in [0.5, 0.6) is 5.75 Å². The lowest BCUT2D eigenvalue weighted by Gasteiger charge is -2.17. The fourth-order valence-corrected chi connectivity index (χ4v) is 4.74. The predicted octanol–water partition coefficient (Wildman–Crippen LogP) is 3.09. The number of hydrogen-bond donors (Lipinski definition) is 3. The molecule has 0 spiro atoms. The van der Waals surface area contributed by atoms with Gasteiger partial charge < -0.3 is 25.4 Å². The van der Waals surface area contributed by atoms with Gasteiger partial charge in [-0.3, -0.25) is 4.79 Å². The van der Waals surface area contributed by atoms with Crippen LogP contribution in [0.4, 0.5) is 5.82 Å². The second-order valence-corrected chi connectivity index (χ2v) is 8.43. The lowest BCUT2D eigenvalue weighted by Crippen LogP contribution is -2.26. The number of hydrogen-bond acceptors (Lipinski definition) is 6. The number of nitrogen functional groups attached to an aromatic ring is 1. The lowest BCUT2D eigenvalue weighted by molar-refractivity contribution is -0.127. The minimum Gasteiger partial charge on any atom is -0.507 e. The molecule has 2 aromatic carbocycles. The normalized spacial score (nSPS) is 14.1. The van der Waals surface area contributed by atoms with Crippen molar-refractivity contribution in [2.45, 2.75) is 32.2 Å². The highest BCUT2D eigenvalue weighted by Gasteiger charge is 2.21. The average molecular weight is 446 g/mol. The molecule has 4 aromatic rings. The zero-order chi connectivity index (χ0) is 22.9. The molecule has 3 heterocycles. The van der Waals surface area contributed by atoms with Crippen LogP contribution in [0.15, 0.2) is 42.5 Å². The molecule has 33 heavy (non-hydrogen) atoms. The summed E-state index contributed by atoms with van der Waals surface area (Å²) in [6, 6.07) is 13.1. The van der Waals surface area contributed by atoms with Crippen molar-refractivity contribution in [3.05, 3.63) is 48.3 Å². The van der Waals surface area contributed by atoms with Gasteiger partial charge in [-0.15, -0.1) is 0 Å². The van der Waals surface area contributed by atoms with E-state index in [-0.39, 0.29) is 18.3 Å². The molecular formula is C25H27N5O3. The summed E-state index contributed by atoms with van der Waals surface area (Å²) in [5.74, 6) is 1.51. The summed E-state index contributed by atoms with van der Waals surface area (Å²) in [4.78, 5) is 23.2. The molecule has 0 radical (unpaired) electrons. The van der Waals surface area contributed by atoms with E-state index in [0.29, 0.717) is 42.8 Å². The lowest BCUT2D eigenvalue weighted by atomic mass is 10.0. The van der Waals surface area contributed by atoms with Crippen molar-refractivity contribution in [3.63, 3.8) is 0 Å². The van der Waals surface area contributed by atoms with Gasteiger partial charge in [0, 0.05) is 43.4 Å². The third-order valence-electron chi connectivity index (χ3n) is 6.31. The second kappa shape index (κ2) is 8.71. The van der Waals surface area contributed by atoms with Crippen molar-refractivity contribution in [3.8, 4) is 16.9 Å². The standard InChI is InChI=1S/C25H27N5O3/c26-25-23-24(18-9-8-16(15-19(18)27-25)17-5-1-2-6-20(17)32)30(21(28-23)10-14-31)13-4-12-29-11-3-7-22(29)33/h1-2,5-6,8-9,15,31-32H,3-4,7,10-14H2,(H2,26,27). The summed E-state index contributed by atoms with van der Waals surface area (Å²) in [6.07, 6.45) is 2.76. The number of para-hydroxylation sites is 1. The maximum absolute atomic E-state index is 12.0.